The maximum absolute atomic E-state index is 11.5. The topological polar surface area (TPSA) is 47.6 Å². The fourth-order valence-electron chi connectivity index (χ4n) is 1.22. The van der Waals surface area contributed by atoms with Gasteiger partial charge in [0, 0.05) is 6.61 Å². The van der Waals surface area contributed by atoms with Crippen molar-refractivity contribution >= 4 is 5.97 Å². The van der Waals surface area contributed by atoms with Crippen LogP contribution in [0.15, 0.2) is 0 Å². The Bertz CT molecular complexity index is 183. The van der Waals surface area contributed by atoms with E-state index in [-0.39, 0.29) is 12.0 Å². The summed E-state index contributed by atoms with van der Waals surface area (Å²) < 4.78 is 10.4. The number of hydrogen-bond acceptors (Lipinski definition) is 4. The smallest absolute Gasteiger partial charge is 0.325 e. The van der Waals surface area contributed by atoms with Crippen LogP contribution in [-0.4, -0.2) is 38.4 Å². The van der Waals surface area contributed by atoms with Gasteiger partial charge in [-0.25, -0.2) is 0 Å². The van der Waals surface area contributed by atoms with Crippen molar-refractivity contribution < 1.29 is 14.3 Å². The van der Waals surface area contributed by atoms with Crippen LogP contribution in [0.1, 0.15) is 34.1 Å². The van der Waals surface area contributed by atoms with E-state index in [4.69, 9.17) is 9.47 Å². The highest BCUT2D eigenvalue weighted by atomic mass is 16.5. The van der Waals surface area contributed by atoms with Crippen molar-refractivity contribution in [2.75, 3.05) is 26.4 Å². The number of esters is 1. The van der Waals surface area contributed by atoms with Crippen molar-refractivity contribution in [1.82, 2.24) is 5.32 Å². The number of likely N-dealkylation sites (N-methyl/N-ethyl adjacent to an activating group) is 1. The van der Waals surface area contributed by atoms with E-state index in [1.165, 1.54) is 0 Å². The molecule has 16 heavy (non-hydrogen) atoms. The summed E-state index contributed by atoms with van der Waals surface area (Å²) in [7, 11) is 0. The van der Waals surface area contributed by atoms with Gasteiger partial charge in [0.1, 0.15) is 6.04 Å². The maximum Gasteiger partial charge on any atom is 0.325 e. The molecule has 0 saturated carbocycles. The van der Waals surface area contributed by atoms with Crippen molar-refractivity contribution in [2.45, 2.75) is 40.2 Å². The molecule has 0 fully saturated rings. The lowest BCUT2D eigenvalue weighted by Crippen LogP contribution is -2.41. The number of ether oxygens (including phenoxy) is 2. The van der Waals surface area contributed by atoms with Crippen LogP contribution in [0.3, 0.4) is 0 Å². The first-order chi connectivity index (χ1) is 7.61. The average Bonchev–Trinajstić information content (AvgIpc) is 2.22. The standard InChI is InChI=1S/C12H25NO3/c1-5-13-11(12(14)16-6-2)9-15-8-7-10(3)4/h10-11,13H,5-9H2,1-4H3. The van der Waals surface area contributed by atoms with Gasteiger partial charge in [0.15, 0.2) is 0 Å². The van der Waals surface area contributed by atoms with Gasteiger partial charge < -0.3 is 14.8 Å². The molecular weight excluding hydrogens is 206 g/mol. The zero-order valence-corrected chi connectivity index (χ0v) is 10.9. The Morgan fingerprint density at radius 3 is 2.50 bits per heavy atom. The normalized spacial score (nSPS) is 12.8. The molecule has 0 aliphatic rings. The zero-order chi connectivity index (χ0) is 12.4. The summed E-state index contributed by atoms with van der Waals surface area (Å²) in [5.41, 5.74) is 0. The third-order valence-electron chi connectivity index (χ3n) is 2.15. The molecule has 0 rings (SSSR count). The third kappa shape index (κ3) is 7.65. The molecule has 4 heteroatoms. The van der Waals surface area contributed by atoms with E-state index in [0.717, 1.165) is 13.0 Å². The predicted octanol–water partition coefficient (Wildman–Crippen LogP) is 1.59. The van der Waals surface area contributed by atoms with Gasteiger partial charge in [-0.05, 0) is 25.8 Å². The van der Waals surface area contributed by atoms with Crippen LogP contribution in [0.5, 0.6) is 0 Å². The molecule has 0 saturated heterocycles. The van der Waals surface area contributed by atoms with Gasteiger partial charge in [-0.3, -0.25) is 4.79 Å². The highest BCUT2D eigenvalue weighted by Crippen LogP contribution is 2.00. The Kier molecular flexibility index (Phi) is 9.24. The number of carbonyl (C=O) groups is 1. The van der Waals surface area contributed by atoms with Crippen LogP contribution in [0.25, 0.3) is 0 Å². The maximum atomic E-state index is 11.5. The molecule has 1 N–H and O–H groups in total. The summed E-state index contributed by atoms with van der Waals surface area (Å²) in [6, 6.07) is -0.336. The van der Waals surface area contributed by atoms with E-state index in [9.17, 15) is 4.79 Å². The largest absolute Gasteiger partial charge is 0.465 e. The minimum absolute atomic E-state index is 0.228. The summed E-state index contributed by atoms with van der Waals surface area (Å²) >= 11 is 0. The highest BCUT2D eigenvalue weighted by molar-refractivity contribution is 5.75. The molecule has 0 bridgehead atoms. The van der Waals surface area contributed by atoms with Gasteiger partial charge in [-0.2, -0.15) is 0 Å². The van der Waals surface area contributed by atoms with Crippen LogP contribution >= 0.6 is 0 Å². The summed E-state index contributed by atoms with van der Waals surface area (Å²) in [6.45, 7) is 10.3. The lowest BCUT2D eigenvalue weighted by molar-refractivity contribution is -0.147. The first-order valence-electron chi connectivity index (χ1n) is 6.09. The lowest BCUT2D eigenvalue weighted by Gasteiger charge is -2.16. The summed E-state index contributed by atoms with van der Waals surface area (Å²) in [5.74, 6) is 0.397. The molecule has 0 radical (unpaired) electrons. The second kappa shape index (κ2) is 9.60. The fourth-order valence-corrected chi connectivity index (χ4v) is 1.22. The van der Waals surface area contributed by atoms with Crippen molar-refractivity contribution in [2.24, 2.45) is 5.92 Å². The third-order valence-corrected chi connectivity index (χ3v) is 2.15. The van der Waals surface area contributed by atoms with E-state index in [2.05, 4.69) is 19.2 Å². The van der Waals surface area contributed by atoms with Crippen LogP contribution < -0.4 is 5.32 Å². The average molecular weight is 231 g/mol. The van der Waals surface area contributed by atoms with E-state index in [0.29, 0.717) is 25.7 Å². The minimum Gasteiger partial charge on any atom is -0.465 e. The van der Waals surface area contributed by atoms with Crippen molar-refractivity contribution in [3.63, 3.8) is 0 Å². The Morgan fingerprint density at radius 2 is 2.00 bits per heavy atom. The predicted molar refractivity (Wildman–Crippen MR) is 64.4 cm³/mol. The fraction of sp³-hybridized carbons (Fsp3) is 0.917. The monoisotopic (exact) mass is 231 g/mol. The van der Waals surface area contributed by atoms with E-state index >= 15 is 0 Å². The first kappa shape index (κ1) is 15.4. The molecule has 0 aromatic carbocycles. The van der Waals surface area contributed by atoms with Crippen molar-refractivity contribution in [1.29, 1.82) is 0 Å². The number of nitrogens with one attached hydrogen (secondary N) is 1. The van der Waals surface area contributed by atoms with Gasteiger partial charge in [0.05, 0.1) is 13.2 Å². The SMILES string of the molecule is CCNC(COCCC(C)C)C(=O)OCC. The number of rotatable bonds is 9. The summed E-state index contributed by atoms with van der Waals surface area (Å²) in [6.07, 6.45) is 1.02. The molecular formula is C12H25NO3. The minimum atomic E-state index is -0.336. The molecule has 1 atom stereocenters. The quantitative estimate of drug-likeness (QED) is 0.483. The Hall–Kier alpha value is -0.610. The Labute approximate surface area is 98.7 Å². The summed E-state index contributed by atoms with van der Waals surface area (Å²) in [4.78, 5) is 11.5. The molecule has 0 aliphatic heterocycles. The molecule has 0 aromatic heterocycles. The molecule has 0 aliphatic carbocycles. The second-order valence-corrected chi connectivity index (χ2v) is 4.12. The highest BCUT2D eigenvalue weighted by Gasteiger charge is 2.18. The molecule has 0 aromatic rings. The molecule has 1 unspecified atom stereocenters. The first-order valence-corrected chi connectivity index (χ1v) is 6.09. The summed E-state index contributed by atoms with van der Waals surface area (Å²) in [5, 5.41) is 3.06. The van der Waals surface area contributed by atoms with Gasteiger partial charge in [0.25, 0.3) is 0 Å². The zero-order valence-electron chi connectivity index (χ0n) is 10.9. The molecule has 0 amide bonds. The van der Waals surface area contributed by atoms with Crippen molar-refractivity contribution in [3.05, 3.63) is 0 Å². The van der Waals surface area contributed by atoms with Crippen LogP contribution in [-0.2, 0) is 14.3 Å². The van der Waals surface area contributed by atoms with Gasteiger partial charge in [-0.1, -0.05) is 20.8 Å². The van der Waals surface area contributed by atoms with Gasteiger partial charge in [0.2, 0.25) is 0 Å². The van der Waals surface area contributed by atoms with Crippen LogP contribution in [0.2, 0.25) is 0 Å². The van der Waals surface area contributed by atoms with E-state index < -0.39 is 0 Å². The van der Waals surface area contributed by atoms with Crippen LogP contribution in [0, 0.1) is 5.92 Å². The molecule has 0 heterocycles. The van der Waals surface area contributed by atoms with E-state index in [1.54, 1.807) is 6.92 Å². The Balaban J connectivity index is 3.80. The number of hydrogen-bond donors (Lipinski definition) is 1. The van der Waals surface area contributed by atoms with Gasteiger partial charge >= 0.3 is 5.97 Å². The Morgan fingerprint density at radius 1 is 1.31 bits per heavy atom. The molecule has 96 valence electrons. The van der Waals surface area contributed by atoms with Crippen molar-refractivity contribution in [3.8, 4) is 0 Å². The number of carbonyl (C=O) groups excluding carboxylic acids is 1. The van der Waals surface area contributed by atoms with E-state index in [1.807, 2.05) is 6.92 Å². The van der Waals surface area contributed by atoms with Crippen LogP contribution in [0.4, 0.5) is 0 Å². The molecule has 0 spiro atoms. The molecule has 4 nitrogen and oxygen atoms in total. The van der Waals surface area contributed by atoms with Gasteiger partial charge in [-0.15, -0.1) is 0 Å². The lowest BCUT2D eigenvalue weighted by atomic mass is 10.1. The second-order valence-electron chi connectivity index (χ2n) is 4.12.